The number of benzene rings is 1. The van der Waals surface area contributed by atoms with Crippen molar-refractivity contribution in [3.8, 4) is 11.5 Å². The molecule has 2 aliphatic rings. The molecule has 0 aliphatic carbocycles. The van der Waals surface area contributed by atoms with Gasteiger partial charge in [-0.15, -0.1) is 0 Å². The third-order valence-electron chi connectivity index (χ3n) is 4.20. The molecule has 2 fully saturated rings. The molecular formula is C15H22N2O2. The van der Waals surface area contributed by atoms with Crippen LogP contribution in [0.1, 0.15) is 0 Å². The maximum Gasteiger partial charge on any atom is 0.119 e. The highest BCUT2D eigenvalue weighted by Crippen LogP contribution is 2.25. The zero-order valence-electron chi connectivity index (χ0n) is 11.5. The third-order valence-corrected chi connectivity index (χ3v) is 4.20. The second-order valence-electron chi connectivity index (χ2n) is 5.46. The van der Waals surface area contributed by atoms with Gasteiger partial charge < -0.3 is 14.8 Å². The first kappa shape index (κ1) is 12.8. The minimum atomic E-state index is 0.763. The smallest absolute Gasteiger partial charge is 0.119 e. The molecule has 2 saturated heterocycles. The lowest BCUT2D eigenvalue weighted by atomic mass is 10.0. The fourth-order valence-electron chi connectivity index (χ4n) is 3.10. The SMILES string of the molecule is COc1ccc(OCCN2CC3CNCC3C2)cc1. The lowest BCUT2D eigenvalue weighted by Gasteiger charge is -2.17. The standard InChI is InChI=1S/C15H22N2O2/c1-18-14-2-4-15(5-3-14)19-7-6-17-10-12-8-16-9-13(12)11-17/h2-5,12-13,16H,6-11H2,1H3. The number of rotatable bonds is 5. The van der Waals surface area contributed by atoms with E-state index in [1.165, 1.54) is 26.2 Å². The Balaban J connectivity index is 1.41. The molecule has 19 heavy (non-hydrogen) atoms. The van der Waals surface area contributed by atoms with Gasteiger partial charge in [-0.2, -0.15) is 0 Å². The summed E-state index contributed by atoms with van der Waals surface area (Å²) in [6, 6.07) is 7.78. The number of nitrogens with one attached hydrogen (secondary N) is 1. The Labute approximate surface area is 114 Å². The second kappa shape index (κ2) is 5.80. The fraction of sp³-hybridized carbons (Fsp3) is 0.600. The summed E-state index contributed by atoms with van der Waals surface area (Å²) in [4.78, 5) is 2.53. The molecule has 2 unspecified atom stereocenters. The zero-order chi connectivity index (χ0) is 13.1. The minimum absolute atomic E-state index is 0.763. The van der Waals surface area contributed by atoms with Crippen LogP contribution < -0.4 is 14.8 Å². The summed E-state index contributed by atoms with van der Waals surface area (Å²) >= 11 is 0. The molecule has 2 heterocycles. The minimum Gasteiger partial charge on any atom is -0.497 e. The molecule has 0 saturated carbocycles. The Hall–Kier alpha value is -1.26. The van der Waals surface area contributed by atoms with Gasteiger partial charge in [-0.3, -0.25) is 4.90 Å². The van der Waals surface area contributed by atoms with Gasteiger partial charge in [0, 0.05) is 19.6 Å². The molecule has 4 nitrogen and oxygen atoms in total. The molecule has 4 heteroatoms. The molecule has 104 valence electrons. The molecule has 0 bridgehead atoms. The van der Waals surface area contributed by atoms with Gasteiger partial charge in [0.15, 0.2) is 0 Å². The van der Waals surface area contributed by atoms with Gasteiger partial charge in [-0.1, -0.05) is 0 Å². The Morgan fingerprint density at radius 3 is 2.37 bits per heavy atom. The quantitative estimate of drug-likeness (QED) is 0.865. The van der Waals surface area contributed by atoms with E-state index in [0.29, 0.717) is 0 Å². The lowest BCUT2D eigenvalue weighted by molar-refractivity contribution is 0.228. The van der Waals surface area contributed by atoms with Crippen LogP contribution in [0.5, 0.6) is 11.5 Å². The van der Waals surface area contributed by atoms with Gasteiger partial charge in [-0.05, 0) is 49.2 Å². The molecule has 0 spiro atoms. The maximum atomic E-state index is 5.78. The van der Waals surface area contributed by atoms with E-state index < -0.39 is 0 Å². The summed E-state index contributed by atoms with van der Waals surface area (Å²) in [6.07, 6.45) is 0. The molecule has 3 rings (SSSR count). The van der Waals surface area contributed by atoms with Crippen molar-refractivity contribution in [1.82, 2.24) is 10.2 Å². The van der Waals surface area contributed by atoms with Gasteiger partial charge in [-0.25, -0.2) is 0 Å². The second-order valence-corrected chi connectivity index (χ2v) is 5.46. The number of ether oxygens (including phenoxy) is 2. The highest BCUT2D eigenvalue weighted by atomic mass is 16.5. The van der Waals surface area contributed by atoms with Gasteiger partial charge in [0.2, 0.25) is 0 Å². The largest absolute Gasteiger partial charge is 0.497 e. The topological polar surface area (TPSA) is 33.7 Å². The summed E-state index contributed by atoms with van der Waals surface area (Å²) in [5.74, 6) is 3.51. The molecule has 2 atom stereocenters. The Morgan fingerprint density at radius 1 is 1.11 bits per heavy atom. The van der Waals surface area contributed by atoms with Crippen LogP contribution in [0.15, 0.2) is 24.3 Å². The van der Waals surface area contributed by atoms with E-state index in [9.17, 15) is 0 Å². The van der Waals surface area contributed by atoms with Crippen molar-refractivity contribution in [1.29, 1.82) is 0 Å². The van der Waals surface area contributed by atoms with E-state index in [4.69, 9.17) is 9.47 Å². The van der Waals surface area contributed by atoms with Crippen LogP contribution in [0.2, 0.25) is 0 Å². The molecular weight excluding hydrogens is 240 g/mol. The summed E-state index contributed by atoms with van der Waals surface area (Å²) < 4.78 is 10.9. The molecule has 0 amide bonds. The van der Waals surface area contributed by atoms with E-state index in [2.05, 4.69) is 10.2 Å². The van der Waals surface area contributed by atoms with Crippen LogP contribution in [0, 0.1) is 11.8 Å². The first-order valence-corrected chi connectivity index (χ1v) is 7.05. The lowest BCUT2D eigenvalue weighted by Crippen LogP contribution is -2.29. The number of hydrogen-bond donors (Lipinski definition) is 1. The Bertz CT molecular complexity index is 395. The normalized spacial score (nSPS) is 26.4. The van der Waals surface area contributed by atoms with Gasteiger partial charge in [0.1, 0.15) is 18.1 Å². The number of methoxy groups -OCH3 is 1. The molecule has 0 aromatic heterocycles. The Kier molecular flexibility index (Phi) is 3.89. The average Bonchev–Trinajstić information content (AvgIpc) is 3.00. The first-order valence-electron chi connectivity index (χ1n) is 7.05. The van der Waals surface area contributed by atoms with E-state index in [1.807, 2.05) is 24.3 Å². The van der Waals surface area contributed by atoms with Crippen LogP contribution in [0.3, 0.4) is 0 Å². The highest BCUT2D eigenvalue weighted by Gasteiger charge is 2.35. The Morgan fingerprint density at radius 2 is 1.74 bits per heavy atom. The van der Waals surface area contributed by atoms with Crippen LogP contribution in [-0.4, -0.2) is 51.3 Å². The van der Waals surface area contributed by atoms with E-state index in [-0.39, 0.29) is 0 Å². The summed E-state index contributed by atoms with van der Waals surface area (Å²) in [7, 11) is 1.68. The molecule has 1 aromatic carbocycles. The number of fused-ring (bicyclic) bond motifs is 1. The van der Waals surface area contributed by atoms with Crippen LogP contribution in [0.4, 0.5) is 0 Å². The first-order chi connectivity index (χ1) is 9.35. The van der Waals surface area contributed by atoms with Crippen molar-refractivity contribution in [2.24, 2.45) is 11.8 Å². The number of likely N-dealkylation sites (tertiary alicyclic amines) is 1. The third kappa shape index (κ3) is 3.01. The van der Waals surface area contributed by atoms with E-state index in [0.717, 1.165) is 36.5 Å². The predicted octanol–water partition coefficient (Wildman–Crippen LogP) is 1.23. The zero-order valence-corrected chi connectivity index (χ0v) is 11.5. The van der Waals surface area contributed by atoms with Gasteiger partial charge in [0.05, 0.1) is 7.11 Å². The molecule has 1 aromatic rings. The molecule has 0 radical (unpaired) electrons. The summed E-state index contributed by atoms with van der Waals surface area (Å²) in [5.41, 5.74) is 0. The fourth-order valence-corrected chi connectivity index (χ4v) is 3.10. The van der Waals surface area contributed by atoms with Crippen molar-refractivity contribution < 1.29 is 9.47 Å². The maximum absolute atomic E-state index is 5.78. The molecule has 1 N–H and O–H groups in total. The summed E-state index contributed by atoms with van der Waals surface area (Å²) in [5, 5.41) is 3.47. The van der Waals surface area contributed by atoms with Gasteiger partial charge in [0.25, 0.3) is 0 Å². The summed E-state index contributed by atoms with van der Waals surface area (Å²) in [6.45, 7) is 6.63. The highest BCUT2D eigenvalue weighted by molar-refractivity contribution is 5.31. The average molecular weight is 262 g/mol. The molecule has 2 aliphatic heterocycles. The predicted molar refractivity (Wildman–Crippen MR) is 74.8 cm³/mol. The van der Waals surface area contributed by atoms with Crippen molar-refractivity contribution in [2.75, 3.05) is 46.4 Å². The van der Waals surface area contributed by atoms with Crippen LogP contribution in [-0.2, 0) is 0 Å². The number of hydrogen-bond acceptors (Lipinski definition) is 4. The van der Waals surface area contributed by atoms with E-state index >= 15 is 0 Å². The van der Waals surface area contributed by atoms with Crippen LogP contribution in [0.25, 0.3) is 0 Å². The monoisotopic (exact) mass is 262 g/mol. The van der Waals surface area contributed by atoms with E-state index in [1.54, 1.807) is 7.11 Å². The number of nitrogens with zero attached hydrogens (tertiary/aromatic N) is 1. The van der Waals surface area contributed by atoms with Gasteiger partial charge >= 0.3 is 0 Å². The van der Waals surface area contributed by atoms with Crippen molar-refractivity contribution in [3.05, 3.63) is 24.3 Å². The van der Waals surface area contributed by atoms with Crippen molar-refractivity contribution in [3.63, 3.8) is 0 Å². The van der Waals surface area contributed by atoms with Crippen LogP contribution >= 0.6 is 0 Å². The van der Waals surface area contributed by atoms with Crippen molar-refractivity contribution in [2.45, 2.75) is 0 Å². The van der Waals surface area contributed by atoms with Crippen molar-refractivity contribution >= 4 is 0 Å².